The van der Waals surface area contributed by atoms with E-state index < -0.39 is 4.38 Å². The highest BCUT2D eigenvalue weighted by Crippen LogP contribution is 1.85. The van der Waals surface area contributed by atoms with Crippen LogP contribution in [0.3, 0.4) is 0 Å². The molecule has 0 fully saturated rings. The first-order valence-electron chi connectivity index (χ1n) is 2.36. The van der Waals surface area contributed by atoms with Crippen molar-refractivity contribution in [3.63, 3.8) is 0 Å². The van der Waals surface area contributed by atoms with Gasteiger partial charge in [-0.25, -0.2) is 0 Å². The average molecular weight is 184 g/mol. The van der Waals surface area contributed by atoms with Gasteiger partial charge in [0, 0.05) is 7.12 Å². The molecular formula is C4H7I. The topological polar surface area (TPSA) is 0 Å². The zero-order valence-electron chi connectivity index (χ0n) is 4.87. The molecule has 0 spiro atoms. The number of hydrogen-bond donors (Lipinski definition) is 0. The lowest BCUT2D eigenvalue weighted by Gasteiger charge is -1.71. The molecule has 0 aromatic heterocycles. The second kappa shape index (κ2) is 4.47. The minimum Gasteiger partial charge on any atom is -0.103 e. The van der Waals surface area contributed by atoms with Crippen LogP contribution in [0.1, 0.15) is 9.16 Å². The summed E-state index contributed by atoms with van der Waals surface area (Å²) in [4.78, 5) is 0. The van der Waals surface area contributed by atoms with Gasteiger partial charge in [-0.15, -0.1) is 6.58 Å². The van der Waals surface area contributed by atoms with Gasteiger partial charge in [-0.2, -0.15) is 0 Å². The van der Waals surface area contributed by atoms with Gasteiger partial charge in [0.15, 0.2) is 0 Å². The molecule has 0 N–H and O–H groups in total. The van der Waals surface area contributed by atoms with Crippen molar-refractivity contribution >= 4 is 22.6 Å². The standard InChI is InChI=1S/C4H7I/c1-2-3-4-5/h2H,1,3-4H2/i4D2. The second-order valence-corrected chi connectivity index (χ2v) is 1.39. The van der Waals surface area contributed by atoms with E-state index in [2.05, 4.69) is 6.58 Å². The number of rotatable bonds is 2. The monoisotopic (exact) mass is 184 g/mol. The number of alkyl halides is 1. The van der Waals surface area contributed by atoms with Crippen molar-refractivity contribution in [2.45, 2.75) is 6.42 Å². The van der Waals surface area contributed by atoms with Crippen LogP contribution < -0.4 is 0 Å². The third kappa shape index (κ3) is 4.47. The molecule has 0 atom stereocenters. The maximum atomic E-state index is 6.91. The lowest BCUT2D eigenvalue weighted by Crippen LogP contribution is -1.58. The Morgan fingerprint density at radius 3 is 2.80 bits per heavy atom. The summed E-state index contributed by atoms with van der Waals surface area (Å²) in [6, 6.07) is 0. The fourth-order valence-electron chi connectivity index (χ4n) is 0.0546. The average Bonchev–Trinajstić information content (AvgIpc) is 1.30. The molecule has 0 saturated heterocycles. The van der Waals surface area contributed by atoms with Gasteiger partial charge >= 0.3 is 0 Å². The predicted octanol–water partition coefficient (Wildman–Crippen LogP) is 2.00. The van der Waals surface area contributed by atoms with E-state index in [1.54, 1.807) is 28.7 Å². The predicted molar refractivity (Wildman–Crippen MR) is 33.7 cm³/mol. The van der Waals surface area contributed by atoms with Crippen molar-refractivity contribution in [2.24, 2.45) is 0 Å². The summed E-state index contributed by atoms with van der Waals surface area (Å²) in [5.41, 5.74) is 0. The van der Waals surface area contributed by atoms with Gasteiger partial charge in [-0.1, -0.05) is 28.7 Å². The molecule has 30 valence electrons. The van der Waals surface area contributed by atoms with E-state index in [1.165, 1.54) is 0 Å². The highest BCUT2D eigenvalue weighted by Gasteiger charge is 1.63. The lowest BCUT2D eigenvalue weighted by molar-refractivity contribution is 1.29. The molecule has 0 amide bonds. The Morgan fingerprint density at radius 2 is 2.80 bits per heavy atom. The Morgan fingerprint density at radius 1 is 2.20 bits per heavy atom. The fraction of sp³-hybridized carbons (Fsp3) is 0.500. The van der Waals surface area contributed by atoms with Gasteiger partial charge in [-0.05, 0) is 6.42 Å². The van der Waals surface area contributed by atoms with E-state index in [0.29, 0.717) is 6.42 Å². The van der Waals surface area contributed by atoms with Crippen LogP contribution in [0.4, 0.5) is 0 Å². The van der Waals surface area contributed by atoms with Gasteiger partial charge in [-0.3, -0.25) is 0 Å². The van der Waals surface area contributed by atoms with Crippen molar-refractivity contribution in [3.8, 4) is 0 Å². The molecule has 0 aliphatic heterocycles. The smallest absolute Gasteiger partial charge is 0.0380 e. The summed E-state index contributed by atoms with van der Waals surface area (Å²) in [7, 11) is 0. The van der Waals surface area contributed by atoms with Gasteiger partial charge in [0.1, 0.15) is 0 Å². The molecule has 0 radical (unpaired) electrons. The SMILES string of the molecule is [2H]C([2H])(I)CC=C. The van der Waals surface area contributed by atoms with Crippen molar-refractivity contribution in [1.29, 1.82) is 0 Å². The molecule has 0 unspecified atom stereocenters. The van der Waals surface area contributed by atoms with Crippen LogP contribution in [0.25, 0.3) is 0 Å². The van der Waals surface area contributed by atoms with E-state index >= 15 is 0 Å². The van der Waals surface area contributed by atoms with Crippen molar-refractivity contribution in [3.05, 3.63) is 12.7 Å². The molecule has 0 rings (SSSR count). The molecule has 0 aliphatic carbocycles. The van der Waals surface area contributed by atoms with Crippen LogP contribution in [-0.4, -0.2) is 4.38 Å². The Bertz CT molecular complexity index is 64.6. The lowest BCUT2D eigenvalue weighted by atomic mass is 10.5. The number of allylic oxidation sites excluding steroid dienone is 1. The van der Waals surface area contributed by atoms with E-state index in [-0.39, 0.29) is 0 Å². The summed E-state index contributed by atoms with van der Waals surface area (Å²) in [5.74, 6) is 0. The molecule has 0 aromatic rings. The zero-order chi connectivity index (χ0) is 5.91. The first-order valence-corrected chi connectivity index (χ1v) is 2.44. The molecule has 0 aliphatic rings. The first-order chi connectivity index (χ1) is 3.06. The third-order valence-electron chi connectivity index (χ3n) is 0.221. The second-order valence-electron chi connectivity index (χ2n) is 0.626. The summed E-state index contributed by atoms with van der Waals surface area (Å²) >= 11 is 1.74. The summed E-state index contributed by atoms with van der Waals surface area (Å²) in [5, 5.41) is 0. The van der Waals surface area contributed by atoms with Crippen LogP contribution in [0.2, 0.25) is 0 Å². The van der Waals surface area contributed by atoms with Gasteiger partial charge in [0.2, 0.25) is 0 Å². The highest BCUT2D eigenvalue weighted by molar-refractivity contribution is 14.1. The zero-order valence-corrected chi connectivity index (χ0v) is 5.03. The van der Waals surface area contributed by atoms with Crippen LogP contribution in [0.15, 0.2) is 12.7 Å². The van der Waals surface area contributed by atoms with Crippen molar-refractivity contribution in [1.82, 2.24) is 0 Å². The van der Waals surface area contributed by atoms with Gasteiger partial charge < -0.3 is 0 Å². The van der Waals surface area contributed by atoms with Crippen LogP contribution in [-0.2, 0) is 0 Å². The minimum absolute atomic E-state index is 0.424. The van der Waals surface area contributed by atoms with E-state index in [0.717, 1.165) is 0 Å². The third-order valence-corrected chi connectivity index (χ3v) is 0.662. The fourth-order valence-corrected chi connectivity index (χ4v) is 0.366. The van der Waals surface area contributed by atoms with Crippen LogP contribution in [0.5, 0.6) is 0 Å². The van der Waals surface area contributed by atoms with Crippen molar-refractivity contribution < 1.29 is 2.74 Å². The maximum absolute atomic E-state index is 6.91. The molecule has 1 heteroatoms. The Kier molecular flexibility index (Phi) is 2.33. The normalized spacial score (nSPS) is 16.2. The molecule has 0 nitrogen and oxygen atoms in total. The largest absolute Gasteiger partial charge is 0.103 e. The summed E-state index contributed by atoms with van der Waals surface area (Å²) in [6.07, 6.45) is 2.00. The van der Waals surface area contributed by atoms with E-state index in [4.69, 9.17) is 2.74 Å². The maximum Gasteiger partial charge on any atom is 0.0380 e. The number of hydrogen-bond acceptors (Lipinski definition) is 0. The van der Waals surface area contributed by atoms with E-state index in [9.17, 15) is 0 Å². The van der Waals surface area contributed by atoms with Gasteiger partial charge in [0.05, 0.1) is 0 Å². The molecule has 0 saturated carbocycles. The van der Waals surface area contributed by atoms with Gasteiger partial charge in [0.25, 0.3) is 0 Å². The first kappa shape index (κ1) is 2.61. The van der Waals surface area contributed by atoms with E-state index in [1.807, 2.05) is 0 Å². The minimum atomic E-state index is -1.10. The summed E-state index contributed by atoms with van der Waals surface area (Å²) in [6.45, 7) is 3.40. The quantitative estimate of drug-likeness (QED) is 0.349. The van der Waals surface area contributed by atoms with Crippen LogP contribution in [0, 0.1) is 0 Å². The number of halogens is 1. The highest BCUT2D eigenvalue weighted by atomic mass is 127. The molecule has 0 bridgehead atoms. The molecule has 5 heavy (non-hydrogen) atoms. The molecule has 0 aromatic carbocycles. The van der Waals surface area contributed by atoms with Crippen LogP contribution >= 0.6 is 22.6 Å². The summed E-state index contributed by atoms with van der Waals surface area (Å²) < 4.78 is 12.7. The Labute approximate surface area is 49.2 Å². The Balaban J connectivity index is 3.34. The Hall–Kier alpha value is 0.470. The molecular weight excluding hydrogens is 175 g/mol. The van der Waals surface area contributed by atoms with Crippen molar-refractivity contribution in [2.75, 3.05) is 4.38 Å². The molecule has 0 heterocycles.